The molecule has 0 saturated carbocycles. The number of amides is 2. The number of carbonyl (C=O) groups excluding carboxylic acids is 2. The number of hydrogen-bond donors (Lipinski definition) is 2. The zero-order chi connectivity index (χ0) is 23.7. The monoisotopic (exact) mass is 474 g/mol. The summed E-state index contributed by atoms with van der Waals surface area (Å²) in [6.45, 7) is 3.59. The Morgan fingerprint density at radius 3 is 2.36 bits per heavy atom. The van der Waals surface area contributed by atoms with Gasteiger partial charge in [0.2, 0.25) is 21.8 Å². The number of nitrogens with zero attached hydrogens (tertiary/aromatic N) is 2. The fourth-order valence-corrected chi connectivity index (χ4v) is 5.08. The quantitative estimate of drug-likeness (QED) is 0.541. The van der Waals surface area contributed by atoms with Gasteiger partial charge in [-0.05, 0) is 61.7 Å². The van der Waals surface area contributed by atoms with Crippen LogP contribution in [0, 0.1) is 5.92 Å². The van der Waals surface area contributed by atoms with Crippen LogP contribution in [0.2, 0.25) is 0 Å². The predicted molar refractivity (Wildman–Crippen MR) is 123 cm³/mol. The number of ether oxygens (including phenoxy) is 1. The van der Waals surface area contributed by atoms with Crippen LogP contribution >= 0.6 is 0 Å². The minimum Gasteiger partial charge on any atom is -0.494 e. The number of nitrogens with one attached hydrogen (secondary N) is 2. The summed E-state index contributed by atoms with van der Waals surface area (Å²) in [4.78, 5) is 28.6. The van der Waals surface area contributed by atoms with Gasteiger partial charge in [-0.15, -0.1) is 0 Å². The first-order valence-corrected chi connectivity index (χ1v) is 12.5. The van der Waals surface area contributed by atoms with Gasteiger partial charge in [0.05, 0.1) is 11.5 Å². The molecule has 0 aliphatic carbocycles. The van der Waals surface area contributed by atoms with E-state index in [1.54, 1.807) is 36.7 Å². The van der Waals surface area contributed by atoms with Crippen LogP contribution in [-0.2, 0) is 26.2 Å². The molecule has 0 bridgehead atoms. The van der Waals surface area contributed by atoms with Crippen molar-refractivity contribution in [1.82, 2.24) is 19.9 Å². The van der Waals surface area contributed by atoms with Gasteiger partial charge in [-0.3, -0.25) is 14.6 Å². The highest BCUT2D eigenvalue weighted by molar-refractivity contribution is 7.89. The van der Waals surface area contributed by atoms with E-state index in [0.717, 1.165) is 5.56 Å². The summed E-state index contributed by atoms with van der Waals surface area (Å²) >= 11 is 0. The lowest BCUT2D eigenvalue weighted by molar-refractivity contribution is -0.126. The lowest BCUT2D eigenvalue weighted by Crippen LogP contribution is -2.43. The number of hydrogen-bond acceptors (Lipinski definition) is 6. The second-order valence-electron chi connectivity index (χ2n) is 7.76. The Bertz CT molecular complexity index is 1020. The van der Waals surface area contributed by atoms with E-state index in [9.17, 15) is 18.0 Å². The Hall–Kier alpha value is -2.98. The van der Waals surface area contributed by atoms with Gasteiger partial charge in [0.1, 0.15) is 5.75 Å². The topological polar surface area (TPSA) is 118 Å². The highest BCUT2D eigenvalue weighted by atomic mass is 32.2. The molecule has 178 valence electrons. The number of sulfonamides is 1. The van der Waals surface area contributed by atoms with Gasteiger partial charge in [-0.1, -0.05) is 0 Å². The molecular weight excluding hydrogens is 444 g/mol. The van der Waals surface area contributed by atoms with Crippen LogP contribution in [0.25, 0.3) is 0 Å². The van der Waals surface area contributed by atoms with Crippen LogP contribution in [0.15, 0.2) is 53.7 Å². The minimum absolute atomic E-state index is 0.143. The molecular formula is C23H30N4O5S. The van der Waals surface area contributed by atoms with Crippen molar-refractivity contribution in [2.75, 3.05) is 26.2 Å². The van der Waals surface area contributed by atoms with Crippen LogP contribution in [0.3, 0.4) is 0 Å². The molecule has 2 amide bonds. The third-order valence-electron chi connectivity index (χ3n) is 5.49. The third kappa shape index (κ3) is 7.00. The second kappa shape index (κ2) is 11.8. The second-order valence-corrected chi connectivity index (χ2v) is 9.69. The summed E-state index contributed by atoms with van der Waals surface area (Å²) in [5.74, 6) is 0.0629. The van der Waals surface area contributed by atoms with Crippen molar-refractivity contribution in [3.8, 4) is 5.75 Å². The zero-order valence-electron chi connectivity index (χ0n) is 18.7. The Morgan fingerprint density at radius 2 is 1.73 bits per heavy atom. The molecule has 0 spiro atoms. The van der Waals surface area contributed by atoms with Crippen LogP contribution < -0.4 is 15.4 Å². The van der Waals surface area contributed by atoms with Crippen molar-refractivity contribution in [3.05, 3.63) is 54.4 Å². The van der Waals surface area contributed by atoms with Gasteiger partial charge >= 0.3 is 0 Å². The molecule has 0 unspecified atom stereocenters. The summed E-state index contributed by atoms with van der Waals surface area (Å²) in [5.41, 5.74) is 0.953. The minimum atomic E-state index is -3.61. The van der Waals surface area contributed by atoms with Crippen LogP contribution in [0.5, 0.6) is 5.75 Å². The van der Waals surface area contributed by atoms with Gasteiger partial charge in [0.15, 0.2) is 0 Å². The molecule has 9 nitrogen and oxygen atoms in total. The van der Waals surface area contributed by atoms with E-state index in [-0.39, 0.29) is 48.7 Å². The summed E-state index contributed by atoms with van der Waals surface area (Å²) in [6, 6.07) is 10.0. The summed E-state index contributed by atoms with van der Waals surface area (Å²) in [5, 5.41) is 5.59. The molecule has 1 aliphatic rings. The molecule has 2 N–H and O–H groups in total. The average Bonchev–Trinajstić information content (AvgIpc) is 2.84. The SMILES string of the molecule is CCOc1ccc(S(=O)(=O)N2CCC(C(=O)NCCC(=O)NCc3ccncc3)CC2)cc1. The van der Waals surface area contributed by atoms with E-state index in [1.807, 2.05) is 19.1 Å². The Morgan fingerprint density at radius 1 is 1.06 bits per heavy atom. The van der Waals surface area contributed by atoms with Crippen molar-refractivity contribution in [2.24, 2.45) is 5.92 Å². The number of rotatable bonds is 10. The van der Waals surface area contributed by atoms with Gasteiger partial charge in [-0.2, -0.15) is 4.31 Å². The van der Waals surface area contributed by atoms with E-state index < -0.39 is 10.0 Å². The molecule has 2 aromatic rings. The lowest BCUT2D eigenvalue weighted by atomic mass is 9.97. The van der Waals surface area contributed by atoms with Gasteiger partial charge in [-0.25, -0.2) is 8.42 Å². The first kappa shape index (κ1) is 24.7. The molecule has 1 fully saturated rings. The highest BCUT2D eigenvalue weighted by Gasteiger charge is 2.32. The molecule has 2 heterocycles. The van der Waals surface area contributed by atoms with E-state index >= 15 is 0 Å². The van der Waals surface area contributed by atoms with Crippen LogP contribution in [0.4, 0.5) is 0 Å². The number of carbonyl (C=O) groups is 2. The molecule has 3 rings (SSSR count). The van der Waals surface area contributed by atoms with Crippen molar-refractivity contribution in [3.63, 3.8) is 0 Å². The standard InChI is InChI=1S/C23H30N4O5S/c1-2-32-20-3-5-21(6-4-20)33(30,31)27-15-10-19(11-16-27)23(29)25-14-9-22(28)26-17-18-7-12-24-13-8-18/h3-8,12-13,19H,2,9-11,14-17H2,1H3,(H,25,29)(H,26,28). The maximum Gasteiger partial charge on any atom is 0.243 e. The molecule has 1 saturated heterocycles. The van der Waals surface area contributed by atoms with Crippen molar-refractivity contribution < 1.29 is 22.7 Å². The summed E-state index contributed by atoms with van der Waals surface area (Å²) in [7, 11) is -3.61. The van der Waals surface area contributed by atoms with E-state index in [2.05, 4.69) is 15.6 Å². The number of aromatic nitrogens is 1. The Balaban J connectivity index is 1.39. The molecule has 0 radical (unpaired) electrons. The summed E-state index contributed by atoms with van der Waals surface area (Å²) < 4.78 is 32.5. The molecule has 1 aromatic carbocycles. The fraction of sp³-hybridized carbons (Fsp3) is 0.435. The lowest BCUT2D eigenvalue weighted by Gasteiger charge is -2.30. The summed E-state index contributed by atoms with van der Waals surface area (Å²) in [6.07, 6.45) is 4.39. The van der Waals surface area contributed by atoms with Gasteiger partial charge in [0, 0.05) is 50.9 Å². The van der Waals surface area contributed by atoms with E-state index in [1.165, 1.54) is 4.31 Å². The van der Waals surface area contributed by atoms with Crippen molar-refractivity contribution >= 4 is 21.8 Å². The van der Waals surface area contributed by atoms with Crippen LogP contribution in [-0.4, -0.2) is 55.8 Å². The van der Waals surface area contributed by atoms with Gasteiger partial charge < -0.3 is 15.4 Å². The van der Waals surface area contributed by atoms with Gasteiger partial charge in [0.25, 0.3) is 0 Å². The highest BCUT2D eigenvalue weighted by Crippen LogP contribution is 2.25. The van der Waals surface area contributed by atoms with Crippen LogP contribution in [0.1, 0.15) is 31.7 Å². The Kier molecular flexibility index (Phi) is 8.79. The maximum absolute atomic E-state index is 12.9. The number of benzene rings is 1. The molecule has 10 heteroatoms. The Labute approximate surface area is 194 Å². The normalized spacial score (nSPS) is 15.1. The number of piperidine rings is 1. The first-order chi connectivity index (χ1) is 15.9. The first-order valence-electron chi connectivity index (χ1n) is 11.1. The van der Waals surface area contributed by atoms with E-state index in [0.29, 0.717) is 31.7 Å². The maximum atomic E-state index is 12.9. The molecule has 1 aliphatic heterocycles. The molecule has 0 atom stereocenters. The smallest absolute Gasteiger partial charge is 0.243 e. The molecule has 1 aromatic heterocycles. The third-order valence-corrected chi connectivity index (χ3v) is 7.40. The van der Waals surface area contributed by atoms with Crippen molar-refractivity contribution in [2.45, 2.75) is 37.6 Å². The predicted octanol–water partition coefficient (Wildman–Crippen LogP) is 1.70. The fourth-order valence-electron chi connectivity index (χ4n) is 3.62. The zero-order valence-corrected chi connectivity index (χ0v) is 19.5. The largest absolute Gasteiger partial charge is 0.494 e. The van der Waals surface area contributed by atoms with Crippen molar-refractivity contribution in [1.29, 1.82) is 0 Å². The molecule has 33 heavy (non-hydrogen) atoms. The van der Waals surface area contributed by atoms with E-state index in [4.69, 9.17) is 4.74 Å². The average molecular weight is 475 g/mol. The number of pyridine rings is 1.